The van der Waals surface area contributed by atoms with E-state index in [-0.39, 0.29) is 6.04 Å². The molecule has 23 heavy (non-hydrogen) atoms. The molecular weight excluding hydrogens is 298 g/mol. The fraction of sp³-hybridized carbons (Fsp3) is 0.467. The van der Waals surface area contributed by atoms with Crippen molar-refractivity contribution in [1.29, 1.82) is 0 Å². The van der Waals surface area contributed by atoms with Crippen LogP contribution in [0.5, 0.6) is 0 Å². The van der Waals surface area contributed by atoms with Crippen molar-refractivity contribution >= 4 is 0 Å². The van der Waals surface area contributed by atoms with E-state index in [0.29, 0.717) is 35.7 Å². The van der Waals surface area contributed by atoms with E-state index in [4.69, 9.17) is 13.5 Å². The van der Waals surface area contributed by atoms with E-state index in [1.807, 2.05) is 6.92 Å². The van der Waals surface area contributed by atoms with Crippen LogP contribution in [0.1, 0.15) is 42.8 Å². The highest BCUT2D eigenvalue weighted by Crippen LogP contribution is 2.31. The minimum atomic E-state index is 0.107. The van der Waals surface area contributed by atoms with Gasteiger partial charge in [0.15, 0.2) is 17.4 Å². The van der Waals surface area contributed by atoms with Crippen LogP contribution in [0.4, 0.5) is 0 Å². The van der Waals surface area contributed by atoms with E-state index in [2.05, 4.69) is 25.2 Å². The van der Waals surface area contributed by atoms with Gasteiger partial charge in [-0.1, -0.05) is 16.7 Å². The second-order valence-corrected chi connectivity index (χ2v) is 5.65. The van der Waals surface area contributed by atoms with Gasteiger partial charge in [0.25, 0.3) is 5.89 Å². The number of aryl methyl sites for hydroxylation is 1. The molecule has 0 radical (unpaired) electrons. The van der Waals surface area contributed by atoms with Crippen molar-refractivity contribution in [3.8, 4) is 11.7 Å². The smallest absolute Gasteiger partial charge is 0.293 e. The van der Waals surface area contributed by atoms with Gasteiger partial charge in [-0.15, -0.1) is 0 Å². The number of aromatic nitrogens is 4. The number of piperidine rings is 1. The lowest BCUT2D eigenvalue weighted by atomic mass is 10.0. The topological polar surface area (TPSA) is 94.2 Å². The molecule has 1 fully saturated rings. The van der Waals surface area contributed by atoms with Gasteiger partial charge in [-0.2, -0.15) is 9.97 Å². The van der Waals surface area contributed by atoms with Crippen LogP contribution < -0.4 is 0 Å². The Morgan fingerprint density at radius 3 is 2.96 bits per heavy atom. The third kappa shape index (κ3) is 2.89. The first kappa shape index (κ1) is 14.1. The average molecular weight is 315 g/mol. The Hall–Kier alpha value is -2.48. The molecule has 0 spiro atoms. The molecule has 1 aliphatic rings. The second kappa shape index (κ2) is 5.96. The molecule has 3 aromatic rings. The van der Waals surface area contributed by atoms with Crippen LogP contribution in [0.3, 0.4) is 0 Å². The van der Waals surface area contributed by atoms with Crippen LogP contribution in [-0.4, -0.2) is 31.7 Å². The zero-order chi connectivity index (χ0) is 15.6. The van der Waals surface area contributed by atoms with Gasteiger partial charge in [0.05, 0.1) is 18.8 Å². The summed E-state index contributed by atoms with van der Waals surface area (Å²) in [5.74, 6) is 2.92. The fourth-order valence-electron chi connectivity index (χ4n) is 2.91. The standard InChI is InChI=1S/C15H17N5O3/c1-10-16-14(22-18-10)11-5-2-3-7-20(11)9-13-17-15(23-19-13)12-6-4-8-21-12/h4,6,8,11H,2-3,5,7,9H2,1H3/t11-/m1/s1. The SMILES string of the molecule is Cc1noc([C@H]2CCCCN2Cc2noc(-c3ccco3)n2)n1. The van der Waals surface area contributed by atoms with Crippen molar-refractivity contribution in [2.75, 3.05) is 6.54 Å². The summed E-state index contributed by atoms with van der Waals surface area (Å²) in [7, 11) is 0. The van der Waals surface area contributed by atoms with Gasteiger partial charge in [0, 0.05) is 0 Å². The van der Waals surface area contributed by atoms with Crippen molar-refractivity contribution in [1.82, 2.24) is 25.2 Å². The largest absolute Gasteiger partial charge is 0.459 e. The molecule has 1 saturated heterocycles. The minimum absolute atomic E-state index is 0.107. The van der Waals surface area contributed by atoms with Crippen LogP contribution >= 0.6 is 0 Å². The molecule has 0 unspecified atom stereocenters. The third-order valence-corrected chi connectivity index (χ3v) is 3.99. The van der Waals surface area contributed by atoms with Crippen LogP contribution in [0, 0.1) is 6.92 Å². The number of nitrogens with zero attached hydrogens (tertiary/aromatic N) is 5. The van der Waals surface area contributed by atoms with Gasteiger partial charge in [-0.25, -0.2) is 0 Å². The van der Waals surface area contributed by atoms with E-state index in [1.165, 1.54) is 0 Å². The van der Waals surface area contributed by atoms with Crippen molar-refractivity contribution in [3.63, 3.8) is 0 Å². The lowest BCUT2D eigenvalue weighted by molar-refractivity contribution is 0.107. The van der Waals surface area contributed by atoms with Gasteiger partial charge >= 0.3 is 0 Å². The maximum Gasteiger partial charge on any atom is 0.293 e. The zero-order valence-electron chi connectivity index (χ0n) is 12.8. The monoisotopic (exact) mass is 315 g/mol. The molecule has 3 aromatic heterocycles. The summed E-state index contributed by atoms with van der Waals surface area (Å²) in [6, 6.07) is 3.69. The Kier molecular flexibility index (Phi) is 3.66. The molecule has 8 nitrogen and oxygen atoms in total. The molecule has 4 heterocycles. The number of rotatable bonds is 4. The summed E-state index contributed by atoms with van der Waals surface area (Å²) in [6.07, 6.45) is 4.85. The Bertz CT molecular complexity index is 764. The number of likely N-dealkylation sites (tertiary alicyclic amines) is 1. The van der Waals surface area contributed by atoms with E-state index in [0.717, 1.165) is 25.8 Å². The molecule has 1 atom stereocenters. The Balaban J connectivity index is 1.52. The van der Waals surface area contributed by atoms with Crippen molar-refractivity contribution in [2.45, 2.75) is 38.8 Å². The zero-order valence-corrected chi connectivity index (χ0v) is 12.8. The van der Waals surface area contributed by atoms with E-state index in [1.54, 1.807) is 18.4 Å². The van der Waals surface area contributed by atoms with Crippen LogP contribution in [-0.2, 0) is 6.54 Å². The Labute approximate surface area is 132 Å². The highest BCUT2D eigenvalue weighted by Gasteiger charge is 2.29. The summed E-state index contributed by atoms with van der Waals surface area (Å²) in [5, 5.41) is 7.94. The molecule has 4 rings (SSSR count). The first-order chi connectivity index (χ1) is 11.3. The highest BCUT2D eigenvalue weighted by molar-refractivity contribution is 5.42. The van der Waals surface area contributed by atoms with E-state index in [9.17, 15) is 0 Å². The Morgan fingerprint density at radius 2 is 2.17 bits per heavy atom. The second-order valence-electron chi connectivity index (χ2n) is 5.65. The van der Waals surface area contributed by atoms with Crippen molar-refractivity contribution in [3.05, 3.63) is 35.9 Å². The van der Waals surface area contributed by atoms with Crippen LogP contribution in [0.2, 0.25) is 0 Å². The lowest BCUT2D eigenvalue weighted by Gasteiger charge is -2.32. The number of furan rings is 1. The van der Waals surface area contributed by atoms with Crippen LogP contribution in [0.25, 0.3) is 11.7 Å². The lowest BCUT2D eigenvalue weighted by Crippen LogP contribution is -2.33. The molecule has 0 saturated carbocycles. The Morgan fingerprint density at radius 1 is 1.22 bits per heavy atom. The van der Waals surface area contributed by atoms with Gasteiger partial charge in [0.2, 0.25) is 5.89 Å². The van der Waals surface area contributed by atoms with Gasteiger partial charge in [-0.05, 0) is 38.4 Å². The normalized spacial score (nSPS) is 19.3. The maximum atomic E-state index is 5.35. The van der Waals surface area contributed by atoms with Crippen molar-refractivity contribution < 1.29 is 13.5 Å². The van der Waals surface area contributed by atoms with E-state index >= 15 is 0 Å². The number of hydrogen-bond donors (Lipinski definition) is 0. The predicted octanol–water partition coefficient (Wildman–Crippen LogP) is 2.75. The summed E-state index contributed by atoms with van der Waals surface area (Å²) in [4.78, 5) is 11.0. The van der Waals surface area contributed by atoms with Crippen LogP contribution in [0.15, 0.2) is 31.9 Å². The number of hydrogen-bond acceptors (Lipinski definition) is 8. The molecule has 0 bridgehead atoms. The summed E-state index contributed by atoms with van der Waals surface area (Å²) >= 11 is 0. The van der Waals surface area contributed by atoms with Gasteiger partial charge in [-0.3, -0.25) is 4.90 Å². The minimum Gasteiger partial charge on any atom is -0.459 e. The molecule has 1 aliphatic heterocycles. The van der Waals surface area contributed by atoms with Gasteiger partial charge < -0.3 is 13.5 Å². The molecule has 0 amide bonds. The quantitative estimate of drug-likeness (QED) is 0.725. The summed E-state index contributed by atoms with van der Waals surface area (Å²) < 4.78 is 15.9. The van der Waals surface area contributed by atoms with Crippen molar-refractivity contribution in [2.24, 2.45) is 0 Å². The average Bonchev–Trinajstić information content (AvgIpc) is 3.28. The molecule has 8 heteroatoms. The summed E-state index contributed by atoms with van der Waals surface area (Å²) in [6.45, 7) is 3.35. The fourth-order valence-corrected chi connectivity index (χ4v) is 2.91. The van der Waals surface area contributed by atoms with Gasteiger partial charge in [0.1, 0.15) is 0 Å². The van der Waals surface area contributed by atoms with E-state index < -0.39 is 0 Å². The maximum absolute atomic E-state index is 5.35. The molecular formula is C15H17N5O3. The molecule has 120 valence electrons. The summed E-state index contributed by atoms with van der Waals surface area (Å²) in [5.41, 5.74) is 0. The molecule has 0 aliphatic carbocycles. The first-order valence-electron chi connectivity index (χ1n) is 7.70. The first-order valence-corrected chi connectivity index (χ1v) is 7.70. The predicted molar refractivity (Wildman–Crippen MR) is 78.0 cm³/mol. The molecule has 0 aromatic carbocycles. The highest BCUT2D eigenvalue weighted by atomic mass is 16.5. The molecule has 0 N–H and O–H groups in total. The third-order valence-electron chi connectivity index (χ3n) is 3.99.